The number of aromatic nitrogens is 3. The molecule has 0 aromatic carbocycles. The number of nitrogens with zero attached hydrogens (tertiary/aromatic N) is 3. The topological polar surface area (TPSA) is 96.0 Å². The first kappa shape index (κ1) is 16.6. The molecule has 8 heteroatoms. The number of likely N-dealkylation sites (tertiary alicyclic amines) is 1. The van der Waals surface area contributed by atoms with E-state index >= 15 is 0 Å². The van der Waals surface area contributed by atoms with Gasteiger partial charge >= 0.3 is 0 Å². The van der Waals surface area contributed by atoms with Gasteiger partial charge in [0.2, 0.25) is 5.91 Å². The minimum atomic E-state index is -3.33. The minimum absolute atomic E-state index is 0.0353. The van der Waals surface area contributed by atoms with Crippen LogP contribution in [-0.2, 0) is 21.1 Å². The Hall–Kier alpha value is -2.22. The first-order chi connectivity index (χ1) is 11.4. The van der Waals surface area contributed by atoms with Gasteiger partial charge < -0.3 is 4.90 Å². The van der Waals surface area contributed by atoms with Crippen molar-refractivity contribution in [2.75, 3.05) is 19.3 Å². The molecule has 1 aliphatic heterocycles. The third kappa shape index (κ3) is 3.64. The zero-order valence-electron chi connectivity index (χ0n) is 13.5. The lowest BCUT2D eigenvalue weighted by Crippen LogP contribution is -2.40. The average molecular weight is 348 g/mol. The van der Waals surface area contributed by atoms with Crippen molar-refractivity contribution in [1.82, 2.24) is 20.1 Å². The number of carbonyl (C=O) groups excluding carboxylic acids is 1. The summed E-state index contributed by atoms with van der Waals surface area (Å²) in [6.07, 6.45) is 7.87. The van der Waals surface area contributed by atoms with Gasteiger partial charge in [0.15, 0.2) is 9.84 Å². The fraction of sp³-hybridized carbons (Fsp3) is 0.438. The van der Waals surface area contributed by atoms with Gasteiger partial charge in [0.25, 0.3) is 0 Å². The highest BCUT2D eigenvalue weighted by Gasteiger charge is 2.29. The lowest BCUT2D eigenvalue weighted by molar-refractivity contribution is -0.131. The smallest absolute Gasteiger partial charge is 0.227 e. The first-order valence-electron chi connectivity index (χ1n) is 7.85. The van der Waals surface area contributed by atoms with E-state index in [1.807, 2.05) is 12.1 Å². The van der Waals surface area contributed by atoms with Crippen molar-refractivity contribution in [3.05, 3.63) is 42.0 Å². The van der Waals surface area contributed by atoms with Gasteiger partial charge in [-0.3, -0.25) is 14.9 Å². The Labute approximate surface area is 141 Å². The molecule has 1 fully saturated rings. The summed E-state index contributed by atoms with van der Waals surface area (Å²) in [6, 6.07) is 3.69. The predicted molar refractivity (Wildman–Crippen MR) is 88.2 cm³/mol. The molecule has 0 saturated carbocycles. The molecule has 0 aliphatic carbocycles. The fourth-order valence-electron chi connectivity index (χ4n) is 3.10. The van der Waals surface area contributed by atoms with Crippen molar-refractivity contribution < 1.29 is 13.2 Å². The minimum Gasteiger partial charge on any atom is -0.342 e. The van der Waals surface area contributed by atoms with Crippen LogP contribution < -0.4 is 0 Å². The summed E-state index contributed by atoms with van der Waals surface area (Å²) in [5.41, 5.74) is 1.49. The number of pyridine rings is 1. The standard InChI is InChI=1S/C16H20N4O3S/c1-24(22,23)14-10-18-19-16(14)13-5-3-7-20(11-13)15(21)8-12-4-2-6-17-9-12/h2,4,6,9-10,13H,3,5,7-8,11H2,1H3,(H,18,19). The number of rotatable bonds is 4. The third-order valence-corrected chi connectivity index (χ3v) is 5.42. The van der Waals surface area contributed by atoms with E-state index in [0.29, 0.717) is 25.2 Å². The zero-order chi connectivity index (χ0) is 17.2. The summed E-state index contributed by atoms with van der Waals surface area (Å²) in [6.45, 7) is 1.20. The van der Waals surface area contributed by atoms with Gasteiger partial charge in [-0.25, -0.2) is 8.42 Å². The van der Waals surface area contributed by atoms with Gasteiger partial charge in [0.1, 0.15) is 4.90 Å². The number of piperidine rings is 1. The molecule has 3 heterocycles. The van der Waals surface area contributed by atoms with Crippen LogP contribution in [0, 0.1) is 0 Å². The number of aromatic amines is 1. The van der Waals surface area contributed by atoms with Crippen LogP contribution in [0.15, 0.2) is 35.6 Å². The monoisotopic (exact) mass is 348 g/mol. The number of hydrogen-bond acceptors (Lipinski definition) is 5. The Balaban J connectivity index is 1.73. The van der Waals surface area contributed by atoms with E-state index in [-0.39, 0.29) is 16.7 Å². The van der Waals surface area contributed by atoms with Gasteiger partial charge in [-0.2, -0.15) is 5.10 Å². The summed E-state index contributed by atoms with van der Waals surface area (Å²) in [5, 5.41) is 6.70. The second kappa shape index (κ2) is 6.72. The largest absolute Gasteiger partial charge is 0.342 e. The van der Waals surface area contributed by atoms with Gasteiger partial charge in [-0.15, -0.1) is 0 Å². The molecule has 2 aromatic heterocycles. The predicted octanol–water partition coefficient (Wildman–Crippen LogP) is 1.16. The van der Waals surface area contributed by atoms with Crippen LogP contribution >= 0.6 is 0 Å². The molecule has 0 spiro atoms. The van der Waals surface area contributed by atoms with Gasteiger partial charge in [0, 0.05) is 37.7 Å². The maximum atomic E-state index is 12.5. The molecule has 1 atom stereocenters. The average Bonchev–Trinajstić information content (AvgIpc) is 3.06. The molecular formula is C16H20N4O3S. The van der Waals surface area contributed by atoms with Crippen molar-refractivity contribution >= 4 is 15.7 Å². The molecule has 7 nitrogen and oxygen atoms in total. The van der Waals surface area contributed by atoms with E-state index in [2.05, 4.69) is 15.2 Å². The number of nitrogens with one attached hydrogen (secondary N) is 1. The third-order valence-electron chi connectivity index (χ3n) is 4.29. The van der Waals surface area contributed by atoms with E-state index < -0.39 is 9.84 Å². The molecule has 1 saturated heterocycles. The Morgan fingerprint density at radius 1 is 1.42 bits per heavy atom. The van der Waals surface area contributed by atoms with Crippen molar-refractivity contribution in [2.24, 2.45) is 0 Å². The molecular weight excluding hydrogens is 328 g/mol. The highest BCUT2D eigenvalue weighted by Crippen LogP contribution is 2.30. The fourth-order valence-corrected chi connectivity index (χ4v) is 3.96. The molecule has 24 heavy (non-hydrogen) atoms. The molecule has 0 radical (unpaired) electrons. The maximum absolute atomic E-state index is 12.5. The van der Waals surface area contributed by atoms with Crippen LogP contribution in [0.2, 0.25) is 0 Å². The summed E-state index contributed by atoms with van der Waals surface area (Å²) in [4.78, 5) is 18.6. The van der Waals surface area contributed by atoms with Gasteiger partial charge in [0.05, 0.1) is 18.3 Å². The molecule has 0 bridgehead atoms. The van der Waals surface area contributed by atoms with Crippen molar-refractivity contribution in [2.45, 2.75) is 30.1 Å². The summed E-state index contributed by atoms with van der Waals surface area (Å²) >= 11 is 0. The van der Waals surface area contributed by atoms with E-state index in [1.54, 1.807) is 17.3 Å². The van der Waals surface area contributed by atoms with Crippen LogP contribution in [0.5, 0.6) is 0 Å². The zero-order valence-corrected chi connectivity index (χ0v) is 14.3. The normalized spacial score (nSPS) is 18.5. The SMILES string of the molecule is CS(=O)(=O)c1cn[nH]c1C1CCCN(C(=O)Cc2cccnc2)C1. The lowest BCUT2D eigenvalue weighted by atomic mass is 9.94. The molecule has 1 amide bonds. The summed E-state index contributed by atoms with van der Waals surface area (Å²) < 4.78 is 23.7. The summed E-state index contributed by atoms with van der Waals surface area (Å²) in [7, 11) is -3.33. The van der Waals surface area contributed by atoms with Crippen LogP contribution in [-0.4, -0.2) is 53.8 Å². The van der Waals surface area contributed by atoms with Crippen molar-refractivity contribution in [3.8, 4) is 0 Å². The van der Waals surface area contributed by atoms with Gasteiger partial charge in [-0.05, 0) is 24.5 Å². The van der Waals surface area contributed by atoms with Crippen LogP contribution in [0.25, 0.3) is 0 Å². The number of amides is 1. The molecule has 1 aliphatic rings. The Morgan fingerprint density at radius 2 is 2.25 bits per heavy atom. The second-order valence-corrected chi connectivity index (χ2v) is 8.12. The molecule has 3 rings (SSSR count). The molecule has 2 aromatic rings. The Morgan fingerprint density at radius 3 is 2.96 bits per heavy atom. The van der Waals surface area contributed by atoms with E-state index in [9.17, 15) is 13.2 Å². The van der Waals surface area contributed by atoms with E-state index in [0.717, 1.165) is 18.4 Å². The number of sulfone groups is 1. The first-order valence-corrected chi connectivity index (χ1v) is 9.74. The van der Waals surface area contributed by atoms with Gasteiger partial charge in [-0.1, -0.05) is 6.07 Å². The highest BCUT2D eigenvalue weighted by molar-refractivity contribution is 7.90. The van der Waals surface area contributed by atoms with Crippen LogP contribution in [0.4, 0.5) is 0 Å². The van der Waals surface area contributed by atoms with Crippen molar-refractivity contribution in [3.63, 3.8) is 0 Å². The quantitative estimate of drug-likeness (QED) is 0.894. The van der Waals surface area contributed by atoms with E-state index in [1.165, 1.54) is 12.5 Å². The van der Waals surface area contributed by atoms with Crippen LogP contribution in [0.3, 0.4) is 0 Å². The maximum Gasteiger partial charge on any atom is 0.227 e. The Bertz CT molecular complexity index is 817. The molecule has 1 unspecified atom stereocenters. The number of hydrogen-bond donors (Lipinski definition) is 1. The number of H-pyrrole nitrogens is 1. The number of carbonyl (C=O) groups is 1. The summed E-state index contributed by atoms with van der Waals surface area (Å²) in [5.74, 6) is -0.00283. The highest BCUT2D eigenvalue weighted by atomic mass is 32.2. The van der Waals surface area contributed by atoms with Crippen LogP contribution in [0.1, 0.15) is 30.0 Å². The molecule has 1 N–H and O–H groups in total. The van der Waals surface area contributed by atoms with E-state index in [4.69, 9.17) is 0 Å². The second-order valence-electron chi connectivity index (χ2n) is 6.14. The van der Waals surface area contributed by atoms with Crippen molar-refractivity contribution in [1.29, 1.82) is 0 Å². The molecule has 128 valence electrons. The Kier molecular flexibility index (Phi) is 4.66. The lowest BCUT2D eigenvalue weighted by Gasteiger charge is -2.32.